The van der Waals surface area contributed by atoms with E-state index in [2.05, 4.69) is 10.6 Å². The van der Waals surface area contributed by atoms with Crippen molar-refractivity contribution in [2.45, 2.75) is 6.92 Å². The highest BCUT2D eigenvalue weighted by molar-refractivity contribution is 5.95. The summed E-state index contributed by atoms with van der Waals surface area (Å²) >= 11 is 0. The van der Waals surface area contributed by atoms with E-state index in [1.54, 1.807) is 24.3 Å². The van der Waals surface area contributed by atoms with Crippen LogP contribution in [-0.2, 0) is 0 Å². The van der Waals surface area contributed by atoms with Crippen LogP contribution in [0.2, 0.25) is 0 Å². The van der Waals surface area contributed by atoms with E-state index in [-0.39, 0.29) is 5.91 Å². The van der Waals surface area contributed by atoms with Crippen LogP contribution < -0.4 is 10.6 Å². The van der Waals surface area contributed by atoms with Crippen LogP contribution in [0.4, 0.5) is 5.69 Å². The summed E-state index contributed by atoms with van der Waals surface area (Å²) in [7, 11) is 0. The van der Waals surface area contributed by atoms with Crippen molar-refractivity contribution in [1.82, 2.24) is 5.32 Å². The highest BCUT2D eigenvalue weighted by atomic mass is 16.1. The standard InChI is InChI=1S/C10H13N3O/c1-2-12-10(14)8-4-3-5-9(6-8)13-7-11/h3-7H,2H2,1H3,(H2,11,13)(H,12,14). The van der Waals surface area contributed by atoms with Gasteiger partial charge in [-0.25, -0.2) is 0 Å². The Balaban J connectivity index is 2.82. The first-order chi connectivity index (χ1) is 6.77. The molecule has 0 spiro atoms. The van der Waals surface area contributed by atoms with E-state index in [9.17, 15) is 4.79 Å². The van der Waals surface area contributed by atoms with Crippen molar-refractivity contribution in [3.8, 4) is 0 Å². The van der Waals surface area contributed by atoms with Crippen molar-refractivity contribution in [2.24, 2.45) is 0 Å². The number of hydrogen-bond donors (Lipinski definition) is 3. The molecule has 0 aromatic heterocycles. The number of carbonyl (C=O) groups is 1. The second kappa shape index (κ2) is 5.01. The highest BCUT2D eigenvalue weighted by Crippen LogP contribution is 2.09. The Bertz CT molecular complexity index is 336. The normalized spacial score (nSPS) is 9.21. The molecule has 0 heterocycles. The summed E-state index contributed by atoms with van der Waals surface area (Å²) in [6.45, 7) is 2.48. The number of nitrogens with one attached hydrogen (secondary N) is 3. The zero-order valence-electron chi connectivity index (χ0n) is 8.00. The lowest BCUT2D eigenvalue weighted by atomic mass is 10.2. The number of benzene rings is 1. The lowest BCUT2D eigenvalue weighted by Gasteiger charge is -2.04. The van der Waals surface area contributed by atoms with Gasteiger partial charge in [0, 0.05) is 17.8 Å². The molecule has 0 aliphatic carbocycles. The second-order valence-electron chi connectivity index (χ2n) is 2.73. The maximum Gasteiger partial charge on any atom is 0.251 e. The topological polar surface area (TPSA) is 65.0 Å². The molecular weight excluding hydrogens is 178 g/mol. The first-order valence-electron chi connectivity index (χ1n) is 4.41. The van der Waals surface area contributed by atoms with E-state index < -0.39 is 0 Å². The summed E-state index contributed by atoms with van der Waals surface area (Å²) in [6, 6.07) is 7.01. The Hall–Kier alpha value is -1.84. The zero-order valence-corrected chi connectivity index (χ0v) is 8.00. The fourth-order valence-corrected chi connectivity index (χ4v) is 1.10. The number of rotatable bonds is 4. The fourth-order valence-electron chi connectivity index (χ4n) is 1.10. The van der Waals surface area contributed by atoms with Gasteiger partial charge in [0.05, 0.1) is 6.34 Å². The van der Waals surface area contributed by atoms with Gasteiger partial charge < -0.3 is 10.6 Å². The van der Waals surface area contributed by atoms with Crippen molar-refractivity contribution < 1.29 is 4.79 Å². The quantitative estimate of drug-likeness (QED) is 0.498. The van der Waals surface area contributed by atoms with Gasteiger partial charge in [-0.15, -0.1) is 0 Å². The van der Waals surface area contributed by atoms with Crippen LogP contribution in [0.5, 0.6) is 0 Å². The summed E-state index contributed by atoms with van der Waals surface area (Å²) in [5.74, 6) is -0.0962. The van der Waals surface area contributed by atoms with Gasteiger partial charge in [-0.2, -0.15) is 0 Å². The molecule has 0 aliphatic rings. The Kier molecular flexibility index (Phi) is 3.67. The Morgan fingerprint density at radius 2 is 2.36 bits per heavy atom. The third-order valence-electron chi connectivity index (χ3n) is 1.70. The third kappa shape index (κ3) is 2.58. The van der Waals surface area contributed by atoms with Crippen LogP contribution in [0.15, 0.2) is 24.3 Å². The minimum absolute atomic E-state index is 0.0962. The first kappa shape index (κ1) is 10.2. The molecule has 1 rings (SSSR count). The van der Waals surface area contributed by atoms with Crippen LogP contribution in [0.1, 0.15) is 17.3 Å². The van der Waals surface area contributed by atoms with Gasteiger partial charge in [0.25, 0.3) is 5.91 Å². The van der Waals surface area contributed by atoms with Gasteiger partial charge in [0.15, 0.2) is 0 Å². The summed E-state index contributed by atoms with van der Waals surface area (Å²) in [5, 5.41) is 12.3. The molecule has 1 aromatic carbocycles. The monoisotopic (exact) mass is 191 g/mol. The summed E-state index contributed by atoms with van der Waals surface area (Å²) in [6.07, 6.45) is 1.08. The predicted molar refractivity (Wildman–Crippen MR) is 56.9 cm³/mol. The van der Waals surface area contributed by atoms with Crippen LogP contribution in [0.3, 0.4) is 0 Å². The Morgan fingerprint density at radius 1 is 1.57 bits per heavy atom. The van der Waals surface area contributed by atoms with Crippen molar-refractivity contribution in [3.63, 3.8) is 0 Å². The SMILES string of the molecule is CCNC(=O)c1cccc(NC=N)c1. The molecule has 0 saturated carbocycles. The Morgan fingerprint density at radius 3 is 3.00 bits per heavy atom. The van der Waals surface area contributed by atoms with E-state index >= 15 is 0 Å². The summed E-state index contributed by atoms with van der Waals surface area (Å²) < 4.78 is 0. The van der Waals surface area contributed by atoms with Crippen molar-refractivity contribution >= 4 is 17.9 Å². The maximum absolute atomic E-state index is 11.4. The molecule has 1 aromatic rings. The third-order valence-corrected chi connectivity index (χ3v) is 1.70. The van der Waals surface area contributed by atoms with Gasteiger partial charge >= 0.3 is 0 Å². The molecule has 0 atom stereocenters. The van der Waals surface area contributed by atoms with Crippen LogP contribution in [-0.4, -0.2) is 18.8 Å². The predicted octanol–water partition coefficient (Wildman–Crippen LogP) is 1.46. The van der Waals surface area contributed by atoms with Gasteiger partial charge in [-0.3, -0.25) is 10.2 Å². The Labute approximate surface area is 82.8 Å². The van der Waals surface area contributed by atoms with Crippen LogP contribution >= 0.6 is 0 Å². The molecule has 0 radical (unpaired) electrons. The lowest BCUT2D eigenvalue weighted by molar-refractivity contribution is 0.0956. The molecule has 0 saturated heterocycles. The lowest BCUT2D eigenvalue weighted by Crippen LogP contribution is -2.22. The zero-order chi connectivity index (χ0) is 10.4. The van der Waals surface area contributed by atoms with Gasteiger partial charge in [0.2, 0.25) is 0 Å². The van der Waals surface area contributed by atoms with Crippen molar-refractivity contribution in [1.29, 1.82) is 5.41 Å². The van der Waals surface area contributed by atoms with E-state index in [0.29, 0.717) is 12.1 Å². The van der Waals surface area contributed by atoms with Gasteiger partial charge in [-0.05, 0) is 25.1 Å². The average molecular weight is 191 g/mol. The molecule has 1 amide bonds. The molecule has 0 fully saturated rings. The number of amides is 1. The molecule has 0 unspecified atom stereocenters. The van der Waals surface area contributed by atoms with E-state index in [1.807, 2.05) is 6.92 Å². The summed E-state index contributed by atoms with van der Waals surface area (Å²) in [5.41, 5.74) is 1.34. The highest BCUT2D eigenvalue weighted by Gasteiger charge is 2.03. The molecule has 74 valence electrons. The van der Waals surface area contributed by atoms with Gasteiger partial charge in [-0.1, -0.05) is 6.07 Å². The molecule has 0 bridgehead atoms. The van der Waals surface area contributed by atoms with Crippen LogP contribution in [0, 0.1) is 5.41 Å². The smallest absolute Gasteiger partial charge is 0.251 e. The maximum atomic E-state index is 11.4. The molecule has 4 heteroatoms. The molecule has 14 heavy (non-hydrogen) atoms. The number of carbonyl (C=O) groups excluding carboxylic acids is 1. The average Bonchev–Trinajstić information content (AvgIpc) is 2.19. The van der Waals surface area contributed by atoms with E-state index in [4.69, 9.17) is 5.41 Å². The number of anilines is 1. The summed E-state index contributed by atoms with van der Waals surface area (Å²) in [4.78, 5) is 11.4. The van der Waals surface area contributed by atoms with E-state index in [1.165, 1.54) is 0 Å². The minimum atomic E-state index is -0.0962. The molecular formula is C10H13N3O. The number of hydrogen-bond acceptors (Lipinski definition) is 2. The fraction of sp³-hybridized carbons (Fsp3) is 0.200. The minimum Gasteiger partial charge on any atom is -0.352 e. The van der Waals surface area contributed by atoms with Gasteiger partial charge in [0.1, 0.15) is 0 Å². The van der Waals surface area contributed by atoms with Crippen LogP contribution in [0.25, 0.3) is 0 Å². The van der Waals surface area contributed by atoms with Crippen molar-refractivity contribution in [3.05, 3.63) is 29.8 Å². The second-order valence-corrected chi connectivity index (χ2v) is 2.73. The molecule has 4 nitrogen and oxygen atoms in total. The molecule has 0 aliphatic heterocycles. The first-order valence-corrected chi connectivity index (χ1v) is 4.41. The largest absolute Gasteiger partial charge is 0.352 e. The van der Waals surface area contributed by atoms with E-state index in [0.717, 1.165) is 12.0 Å². The molecule has 3 N–H and O–H groups in total. The van der Waals surface area contributed by atoms with Crippen molar-refractivity contribution in [2.75, 3.05) is 11.9 Å².